The third kappa shape index (κ3) is 5.81. The van der Waals surface area contributed by atoms with Crippen LogP contribution in [0.3, 0.4) is 0 Å². The second-order valence-electron chi connectivity index (χ2n) is 6.39. The molecule has 8 heteroatoms. The van der Waals surface area contributed by atoms with Crippen LogP contribution in [0.15, 0.2) is 53.6 Å². The number of anilines is 1. The van der Waals surface area contributed by atoms with Gasteiger partial charge in [0.1, 0.15) is 4.88 Å². The van der Waals surface area contributed by atoms with Gasteiger partial charge in [-0.25, -0.2) is 10.4 Å². The van der Waals surface area contributed by atoms with Crippen molar-refractivity contribution >= 4 is 28.6 Å². The zero-order chi connectivity index (χ0) is 21.3. The summed E-state index contributed by atoms with van der Waals surface area (Å²) in [4.78, 5) is 16.7. The third-order valence-corrected chi connectivity index (χ3v) is 5.14. The predicted octanol–water partition coefficient (Wildman–Crippen LogP) is 3.82. The van der Waals surface area contributed by atoms with Gasteiger partial charge in [-0.2, -0.15) is 5.10 Å². The Morgan fingerprint density at radius 1 is 1.20 bits per heavy atom. The zero-order valence-corrected chi connectivity index (χ0v) is 17.7. The number of carbonyl (C=O) groups excluding carboxylic acids is 1. The lowest BCUT2D eigenvalue weighted by Gasteiger charge is -2.12. The molecule has 0 unspecified atom stereocenters. The lowest BCUT2D eigenvalue weighted by molar-refractivity contribution is 0.0958. The van der Waals surface area contributed by atoms with Crippen LogP contribution < -0.4 is 20.6 Å². The van der Waals surface area contributed by atoms with Gasteiger partial charge < -0.3 is 15.2 Å². The highest BCUT2D eigenvalue weighted by Crippen LogP contribution is 2.28. The number of hydrazone groups is 1. The quantitative estimate of drug-likeness (QED) is 0.402. The summed E-state index contributed by atoms with van der Waals surface area (Å²) in [5.41, 5.74) is 10.7. The molecule has 0 fully saturated rings. The van der Waals surface area contributed by atoms with Crippen molar-refractivity contribution in [3.63, 3.8) is 0 Å². The van der Waals surface area contributed by atoms with Crippen molar-refractivity contribution in [1.82, 2.24) is 10.4 Å². The number of hydrogen-bond acceptors (Lipinski definition) is 7. The van der Waals surface area contributed by atoms with Crippen molar-refractivity contribution in [2.45, 2.75) is 20.3 Å². The van der Waals surface area contributed by atoms with Gasteiger partial charge in [0.05, 0.1) is 25.1 Å². The summed E-state index contributed by atoms with van der Waals surface area (Å²) in [6, 6.07) is 15.7. The van der Waals surface area contributed by atoms with E-state index in [4.69, 9.17) is 15.2 Å². The van der Waals surface area contributed by atoms with Crippen LogP contribution in [0, 0.1) is 6.92 Å². The van der Waals surface area contributed by atoms with Crippen LogP contribution in [0.4, 0.5) is 5.13 Å². The number of carbonyl (C=O) groups is 1. The summed E-state index contributed by atoms with van der Waals surface area (Å²) >= 11 is 1.13. The molecule has 156 valence electrons. The molecule has 1 amide bonds. The van der Waals surface area contributed by atoms with Gasteiger partial charge in [-0.1, -0.05) is 41.7 Å². The van der Waals surface area contributed by atoms with Gasteiger partial charge >= 0.3 is 0 Å². The topological polar surface area (TPSA) is 98.8 Å². The maximum absolute atomic E-state index is 12.2. The number of rotatable bonds is 9. The van der Waals surface area contributed by atoms with E-state index in [-0.39, 0.29) is 5.91 Å². The number of nitrogen functional groups attached to an aromatic ring is 1. The lowest BCUT2D eigenvalue weighted by atomic mass is 10.2. The van der Waals surface area contributed by atoms with E-state index in [9.17, 15) is 4.79 Å². The Balaban J connectivity index is 1.64. The molecule has 0 aliphatic heterocycles. The molecule has 0 saturated heterocycles. The highest BCUT2D eigenvalue weighted by Gasteiger charge is 2.13. The molecule has 2 aromatic carbocycles. The monoisotopic (exact) mass is 424 g/mol. The van der Waals surface area contributed by atoms with Crippen LogP contribution in [0.5, 0.6) is 11.5 Å². The Morgan fingerprint density at radius 3 is 2.70 bits per heavy atom. The molecular formula is C22H24N4O3S. The standard InChI is InChI=1S/C22H24N4O3S/c1-3-28-18-10-9-17(13-19(18)29-12-11-16-7-5-4-6-8-16)14-24-26-21(27)20-15(2)25-22(23)30-20/h4-10,13-14H,3,11-12H2,1-2H3,(H2,23,25)(H,26,27)/b24-14+. The number of ether oxygens (including phenoxy) is 2. The second kappa shape index (κ2) is 10.4. The molecule has 30 heavy (non-hydrogen) atoms. The summed E-state index contributed by atoms with van der Waals surface area (Å²) < 4.78 is 11.6. The van der Waals surface area contributed by atoms with E-state index < -0.39 is 0 Å². The van der Waals surface area contributed by atoms with Crippen LogP contribution in [0.1, 0.15) is 33.4 Å². The van der Waals surface area contributed by atoms with E-state index in [0.717, 1.165) is 23.3 Å². The fourth-order valence-electron chi connectivity index (χ4n) is 2.76. The molecule has 0 saturated carbocycles. The lowest BCUT2D eigenvalue weighted by Crippen LogP contribution is -2.17. The Labute approximate surface area is 179 Å². The molecule has 3 N–H and O–H groups in total. The number of nitrogens with one attached hydrogen (secondary N) is 1. The van der Waals surface area contributed by atoms with Gasteiger partial charge in [0, 0.05) is 6.42 Å². The molecule has 3 aromatic rings. The smallest absolute Gasteiger partial charge is 0.283 e. The van der Waals surface area contributed by atoms with E-state index >= 15 is 0 Å². The largest absolute Gasteiger partial charge is 0.490 e. The van der Waals surface area contributed by atoms with Crippen LogP contribution >= 0.6 is 11.3 Å². The Hall–Kier alpha value is -3.39. The number of aryl methyl sites for hydroxylation is 1. The first kappa shape index (κ1) is 21.3. The minimum atomic E-state index is -0.344. The molecular weight excluding hydrogens is 400 g/mol. The Bertz CT molecular complexity index is 1020. The van der Waals surface area contributed by atoms with E-state index in [0.29, 0.717) is 40.4 Å². The van der Waals surface area contributed by atoms with Crippen molar-refractivity contribution in [3.8, 4) is 11.5 Å². The summed E-state index contributed by atoms with van der Waals surface area (Å²) in [6.07, 6.45) is 2.34. The van der Waals surface area contributed by atoms with Gasteiger partial charge in [0.15, 0.2) is 16.6 Å². The van der Waals surface area contributed by atoms with Gasteiger partial charge in [0.2, 0.25) is 0 Å². The maximum atomic E-state index is 12.2. The molecule has 3 rings (SSSR count). The van der Waals surface area contributed by atoms with Crippen molar-refractivity contribution in [1.29, 1.82) is 0 Å². The van der Waals surface area contributed by atoms with Crippen molar-refractivity contribution in [3.05, 3.63) is 70.2 Å². The Morgan fingerprint density at radius 2 is 2.00 bits per heavy atom. The van der Waals surface area contributed by atoms with Crippen LogP contribution in [-0.2, 0) is 6.42 Å². The second-order valence-corrected chi connectivity index (χ2v) is 7.42. The van der Waals surface area contributed by atoms with E-state index in [1.807, 2.05) is 43.3 Å². The first-order chi connectivity index (χ1) is 14.6. The fraction of sp³-hybridized carbons (Fsp3) is 0.227. The van der Waals surface area contributed by atoms with Crippen LogP contribution in [0.2, 0.25) is 0 Å². The molecule has 1 aromatic heterocycles. The summed E-state index contributed by atoms with van der Waals surface area (Å²) in [5, 5.41) is 4.38. The average molecular weight is 425 g/mol. The minimum Gasteiger partial charge on any atom is -0.490 e. The number of nitrogens with two attached hydrogens (primary N) is 1. The molecule has 0 aliphatic rings. The van der Waals surface area contributed by atoms with E-state index in [1.54, 1.807) is 13.1 Å². The molecule has 0 radical (unpaired) electrons. The van der Waals surface area contributed by atoms with Crippen molar-refractivity contribution < 1.29 is 14.3 Å². The number of thiazole rings is 1. The third-order valence-electron chi connectivity index (χ3n) is 4.16. The van der Waals surface area contributed by atoms with Crippen LogP contribution in [0.25, 0.3) is 0 Å². The first-order valence-corrected chi connectivity index (χ1v) is 10.4. The SMILES string of the molecule is CCOc1ccc(/C=N/NC(=O)c2sc(N)nc2C)cc1OCCc1ccccc1. The first-order valence-electron chi connectivity index (χ1n) is 9.56. The van der Waals surface area contributed by atoms with Crippen LogP contribution in [-0.4, -0.2) is 30.3 Å². The Kier molecular flexibility index (Phi) is 7.40. The molecule has 0 aliphatic carbocycles. The summed E-state index contributed by atoms with van der Waals surface area (Å²) in [5.74, 6) is 0.958. The van der Waals surface area contributed by atoms with E-state index in [1.165, 1.54) is 5.56 Å². The van der Waals surface area contributed by atoms with Crippen molar-refractivity contribution in [2.75, 3.05) is 18.9 Å². The molecule has 7 nitrogen and oxygen atoms in total. The van der Waals surface area contributed by atoms with Gasteiger partial charge in [-0.3, -0.25) is 4.79 Å². The number of nitrogens with zero attached hydrogens (tertiary/aromatic N) is 2. The van der Waals surface area contributed by atoms with Crippen molar-refractivity contribution in [2.24, 2.45) is 5.10 Å². The maximum Gasteiger partial charge on any atom is 0.283 e. The normalized spacial score (nSPS) is 10.9. The number of hydrogen-bond donors (Lipinski definition) is 2. The number of aromatic nitrogens is 1. The highest BCUT2D eigenvalue weighted by atomic mass is 32.1. The number of amides is 1. The minimum absolute atomic E-state index is 0.344. The molecule has 0 atom stereocenters. The highest BCUT2D eigenvalue weighted by molar-refractivity contribution is 7.17. The van der Waals surface area contributed by atoms with Gasteiger partial charge in [-0.15, -0.1) is 0 Å². The molecule has 0 spiro atoms. The predicted molar refractivity (Wildman–Crippen MR) is 120 cm³/mol. The van der Waals surface area contributed by atoms with Gasteiger partial charge in [-0.05, 0) is 43.2 Å². The summed E-state index contributed by atoms with van der Waals surface area (Å²) in [6.45, 7) is 4.72. The average Bonchev–Trinajstić information content (AvgIpc) is 3.08. The van der Waals surface area contributed by atoms with Gasteiger partial charge in [0.25, 0.3) is 5.91 Å². The van der Waals surface area contributed by atoms with E-state index in [2.05, 4.69) is 27.6 Å². The molecule has 0 bridgehead atoms. The molecule has 1 heterocycles. The zero-order valence-electron chi connectivity index (χ0n) is 16.9. The summed E-state index contributed by atoms with van der Waals surface area (Å²) in [7, 11) is 0. The fourth-order valence-corrected chi connectivity index (χ4v) is 3.48. The number of benzene rings is 2.